The van der Waals surface area contributed by atoms with E-state index in [9.17, 15) is 0 Å². The summed E-state index contributed by atoms with van der Waals surface area (Å²) in [7, 11) is 2.14. The van der Waals surface area contributed by atoms with Crippen molar-refractivity contribution in [2.75, 3.05) is 11.9 Å². The van der Waals surface area contributed by atoms with E-state index in [1.54, 1.807) is 0 Å². The smallest absolute Gasteiger partial charge is 0.0755 e. The lowest BCUT2D eigenvalue weighted by Crippen LogP contribution is -2.09. The van der Waals surface area contributed by atoms with Crippen molar-refractivity contribution in [1.29, 1.82) is 0 Å². The fourth-order valence-electron chi connectivity index (χ4n) is 2.21. The van der Waals surface area contributed by atoms with E-state index in [-0.39, 0.29) is 0 Å². The van der Waals surface area contributed by atoms with E-state index in [2.05, 4.69) is 61.3 Å². The Kier molecular flexibility index (Phi) is 2.18. The third-order valence-electron chi connectivity index (χ3n) is 2.99. The Balaban J connectivity index is 2.34. The molecule has 0 bridgehead atoms. The molecule has 16 heavy (non-hydrogen) atoms. The minimum Gasteiger partial charge on any atom is -0.338 e. The molecule has 0 aromatic heterocycles. The van der Waals surface area contributed by atoms with E-state index in [0.717, 1.165) is 0 Å². The van der Waals surface area contributed by atoms with E-state index in [4.69, 9.17) is 0 Å². The van der Waals surface area contributed by atoms with Crippen molar-refractivity contribution in [3.05, 3.63) is 47.5 Å². The third kappa shape index (κ3) is 1.26. The Labute approximate surface area is 99.8 Å². The molecule has 1 heterocycles. The Morgan fingerprint density at radius 1 is 1.12 bits per heavy atom. The van der Waals surface area contributed by atoms with Gasteiger partial charge in [-0.2, -0.15) is 0 Å². The summed E-state index contributed by atoms with van der Waals surface area (Å²) < 4.78 is 0. The summed E-state index contributed by atoms with van der Waals surface area (Å²) in [6, 6.07) is 13.0. The number of benzene rings is 2. The predicted molar refractivity (Wildman–Crippen MR) is 72.0 cm³/mol. The van der Waals surface area contributed by atoms with Crippen LogP contribution in [0.5, 0.6) is 0 Å². The van der Waals surface area contributed by atoms with Crippen molar-refractivity contribution >= 4 is 28.2 Å². The number of allylic oxidation sites excluding steroid dienone is 1. The van der Waals surface area contributed by atoms with Gasteiger partial charge in [0.05, 0.1) is 10.7 Å². The molecule has 2 aromatic rings. The van der Waals surface area contributed by atoms with Gasteiger partial charge >= 0.3 is 0 Å². The van der Waals surface area contributed by atoms with Crippen LogP contribution in [0, 0.1) is 0 Å². The Morgan fingerprint density at radius 2 is 1.94 bits per heavy atom. The van der Waals surface area contributed by atoms with E-state index >= 15 is 0 Å². The van der Waals surface area contributed by atoms with Gasteiger partial charge < -0.3 is 4.90 Å². The molecule has 0 saturated heterocycles. The van der Waals surface area contributed by atoms with Crippen molar-refractivity contribution in [3.8, 4) is 0 Å². The highest BCUT2D eigenvalue weighted by atomic mass is 32.2. The van der Waals surface area contributed by atoms with Gasteiger partial charge in [0, 0.05) is 17.3 Å². The van der Waals surface area contributed by atoms with Gasteiger partial charge in [0.2, 0.25) is 0 Å². The molecule has 0 saturated carbocycles. The summed E-state index contributed by atoms with van der Waals surface area (Å²) >= 11 is 1.85. The number of thioether (sulfide) groups is 1. The first-order valence-corrected chi connectivity index (χ1v) is 6.22. The highest BCUT2D eigenvalue weighted by Gasteiger charge is 2.22. The first kappa shape index (κ1) is 9.79. The molecule has 2 heteroatoms. The molecule has 80 valence electrons. The van der Waals surface area contributed by atoms with Crippen LogP contribution in [0.1, 0.15) is 6.92 Å². The number of rotatable bonds is 0. The SMILES string of the molecule is CC=C1Sc2ccc3ccccc3c2N1C. The highest BCUT2D eigenvalue weighted by molar-refractivity contribution is 8.03. The Morgan fingerprint density at radius 3 is 2.75 bits per heavy atom. The second kappa shape index (κ2) is 3.56. The lowest BCUT2D eigenvalue weighted by molar-refractivity contribution is 1.18. The maximum Gasteiger partial charge on any atom is 0.0755 e. The normalized spacial score (nSPS) is 17.1. The van der Waals surface area contributed by atoms with Gasteiger partial charge in [-0.25, -0.2) is 0 Å². The quantitative estimate of drug-likeness (QED) is 0.662. The van der Waals surface area contributed by atoms with E-state index in [0.29, 0.717) is 0 Å². The minimum atomic E-state index is 1.31. The summed E-state index contributed by atoms with van der Waals surface area (Å²) in [4.78, 5) is 3.64. The molecular weight excluding hydrogens is 214 g/mol. The standard InChI is InChI=1S/C14H13NS/c1-3-13-15(2)14-11-7-5-4-6-10(11)8-9-12(14)16-13/h3-9H,1-2H3. The minimum absolute atomic E-state index is 1.31. The molecule has 0 N–H and O–H groups in total. The topological polar surface area (TPSA) is 3.24 Å². The molecule has 2 aromatic carbocycles. The lowest BCUT2D eigenvalue weighted by atomic mass is 10.1. The summed E-state index contributed by atoms with van der Waals surface area (Å²) in [5.41, 5.74) is 1.34. The number of fused-ring (bicyclic) bond motifs is 3. The van der Waals surface area contributed by atoms with Crippen LogP contribution in [0.15, 0.2) is 52.4 Å². The van der Waals surface area contributed by atoms with Crippen molar-refractivity contribution in [2.24, 2.45) is 0 Å². The van der Waals surface area contributed by atoms with Crippen molar-refractivity contribution in [2.45, 2.75) is 11.8 Å². The zero-order chi connectivity index (χ0) is 11.1. The fraction of sp³-hybridized carbons (Fsp3) is 0.143. The molecule has 0 atom stereocenters. The van der Waals surface area contributed by atoms with Crippen LogP contribution in [-0.2, 0) is 0 Å². The Bertz CT molecular complexity index is 586. The van der Waals surface area contributed by atoms with Crippen LogP contribution in [0.25, 0.3) is 10.8 Å². The first-order chi connectivity index (χ1) is 7.81. The average Bonchev–Trinajstić information content (AvgIpc) is 2.66. The van der Waals surface area contributed by atoms with Crippen LogP contribution in [0.2, 0.25) is 0 Å². The van der Waals surface area contributed by atoms with E-state index in [1.807, 2.05) is 11.8 Å². The Hall–Kier alpha value is -1.41. The molecule has 1 aliphatic heterocycles. The predicted octanol–water partition coefficient (Wildman–Crippen LogP) is 4.24. The van der Waals surface area contributed by atoms with Crippen molar-refractivity contribution in [3.63, 3.8) is 0 Å². The van der Waals surface area contributed by atoms with Gasteiger partial charge in [0.25, 0.3) is 0 Å². The van der Waals surface area contributed by atoms with Crippen molar-refractivity contribution < 1.29 is 0 Å². The van der Waals surface area contributed by atoms with E-state index < -0.39 is 0 Å². The molecular formula is C14H13NS. The molecule has 1 nitrogen and oxygen atoms in total. The molecule has 0 amide bonds. The van der Waals surface area contributed by atoms with Gasteiger partial charge in [-0.1, -0.05) is 48.2 Å². The number of anilines is 1. The first-order valence-electron chi connectivity index (χ1n) is 5.41. The van der Waals surface area contributed by atoms with Gasteiger partial charge in [-0.05, 0) is 18.4 Å². The maximum absolute atomic E-state index is 2.28. The van der Waals surface area contributed by atoms with Crippen LogP contribution >= 0.6 is 11.8 Å². The van der Waals surface area contributed by atoms with Gasteiger partial charge in [-0.15, -0.1) is 0 Å². The maximum atomic E-state index is 2.28. The van der Waals surface area contributed by atoms with Crippen LogP contribution < -0.4 is 4.90 Å². The highest BCUT2D eigenvalue weighted by Crippen LogP contribution is 2.48. The summed E-state index contributed by atoms with van der Waals surface area (Å²) in [6.45, 7) is 2.09. The van der Waals surface area contributed by atoms with Crippen molar-refractivity contribution in [1.82, 2.24) is 0 Å². The molecule has 0 fully saturated rings. The lowest BCUT2D eigenvalue weighted by Gasteiger charge is -2.15. The zero-order valence-electron chi connectivity index (χ0n) is 9.40. The second-order valence-electron chi connectivity index (χ2n) is 3.92. The molecule has 1 aliphatic rings. The largest absolute Gasteiger partial charge is 0.338 e. The average molecular weight is 227 g/mol. The zero-order valence-corrected chi connectivity index (χ0v) is 10.2. The summed E-state index contributed by atoms with van der Waals surface area (Å²) in [5, 5.41) is 3.96. The summed E-state index contributed by atoms with van der Waals surface area (Å²) in [5.74, 6) is 0. The van der Waals surface area contributed by atoms with Crippen LogP contribution in [0.3, 0.4) is 0 Å². The molecule has 0 unspecified atom stereocenters. The van der Waals surface area contributed by atoms with Gasteiger partial charge in [0.15, 0.2) is 0 Å². The monoisotopic (exact) mass is 227 g/mol. The van der Waals surface area contributed by atoms with Crippen LogP contribution in [-0.4, -0.2) is 7.05 Å². The molecule has 0 radical (unpaired) electrons. The second-order valence-corrected chi connectivity index (χ2v) is 4.98. The number of nitrogens with zero attached hydrogens (tertiary/aromatic N) is 1. The van der Waals surface area contributed by atoms with Crippen LogP contribution in [0.4, 0.5) is 5.69 Å². The fourth-order valence-corrected chi connectivity index (χ4v) is 3.26. The summed E-state index contributed by atoms with van der Waals surface area (Å²) in [6.07, 6.45) is 2.17. The molecule has 0 spiro atoms. The third-order valence-corrected chi connectivity index (χ3v) is 4.26. The molecule has 3 rings (SSSR count). The van der Waals surface area contributed by atoms with Gasteiger partial charge in [0.1, 0.15) is 0 Å². The van der Waals surface area contributed by atoms with Gasteiger partial charge in [-0.3, -0.25) is 0 Å². The molecule has 0 aliphatic carbocycles. The number of hydrogen-bond donors (Lipinski definition) is 0. The number of hydrogen-bond acceptors (Lipinski definition) is 2. The van der Waals surface area contributed by atoms with E-state index in [1.165, 1.54) is 26.4 Å².